The maximum Gasteiger partial charge on any atom is 0.343 e. The van der Waals surface area contributed by atoms with E-state index in [1.807, 2.05) is 0 Å². The minimum atomic E-state index is -1.29. The average Bonchev–Trinajstić information content (AvgIpc) is 2.35. The molecule has 1 aliphatic rings. The summed E-state index contributed by atoms with van der Waals surface area (Å²) in [4.78, 5) is 11.2. The molecule has 0 saturated heterocycles. The predicted molar refractivity (Wildman–Crippen MR) is 66.5 cm³/mol. The van der Waals surface area contributed by atoms with Crippen molar-refractivity contribution in [1.29, 1.82) is 0 Å². The lowest BCUT2D eigenvalue weighted by Crippen LogP contribution is -2.08. The van der Waals surface area contributed by atoms with E-state index in [1.165, 1.54) is 24.3 Å². The first kappa shape index (κ1) is 11.2. The molecule has 0 bridgehead atoms. The number of benzene rings is 2. The summed E-state index contributed by atoms with van der Waals surface area (Å²) in [7, 11) is 0. The van der Waals surface area contributed by atoms with Gasteiger partial charge in [0.2, 0.25) is 0 Å². The molecule has 0 amide bonds. The second-order valence-corrected chi connectivity index (χ2v) is 4.05. The summed E-state index contributed by atoms with van der Waals surface area (Å²) in [5.74, 6) is -1.36. The van der Waals surface area contributed by atoms with Crippen molar-refractivity contribution in [2.75, 3.05) is 5.32 Å². The van der Waals surface area contributed by atoms with Gasteiger partial charge in [-0.05, 0) is 24.3 Å². The van der Waals surface area contributed by atoms with Crippen LogP contribution in [-0.2, 0) is 0 Å². The standard InChI is InChI=1S/C13H9NO5/c15-6-1-2-7-10(5-6)19-12-8(14-7)3-4-9(16)11(12)13(17)18/h1-5,14-16H,(H,17,18). The van der Waals surface area contributed by atoms with Gasteiger partial charge < -0.3 is 25.4 Å². The number of carboxylic acids is 1. The molecular weight excluding hydrogens is 250 g/mol. The molecule has 3 rings (SSSR count). The molecule has 2 aromatic carbocycles. The lowest BCUT2D eigenvalue weighted by molar-refractivity contribution is 0.0691. The third-order valence-electron chi connectivity index (χ3n) is 2.80. The highest BCUT2D eigenvalue weighted by molar-refractivity contribution is 5.98. The van der Waals surface area contributed by atoms with Crippen molar-refractivity contribution in [3.05, 3.63) is 35.9 Å². The summed E-state index contributed by atoms with van der Waals surface area (Å²) >= 11 is 0. The molecule has 0 unspecified atom stereocenters. The number of hydrogen-bond acceptors (Lipinski definition) is 5. The van der Waals surface area contributed by atoms with Crippen LogP contribution >= 0.6 is 0 Å². The monoisotopic (exact) mass is 259 g/mol. The summed E-state index contributed by atoms with van der Waals surface area (Å²) in [6.07, 6.45) is 0. The minimum Gasteiger partial charge on any atom is -0.508 e. The highest BCUT2D eigenvalue weighted by Crippen LogP contribution is 2.46. The first-order valence-electron chi connectivity index (χ1n) is 5.43. The van der Waals surface area contributed by atoms with E-state index >= 15 is 0 Å². The maximum atomic E-state index is 11.2. The number of anilines is 2. The number of nitrogens with one attached hydrogen (secondary N) is 1. The van der Waals surface area contributed by atoms with Crippen molar-refractivity contribution in [3.8, 4) is 23.0 Å². The SMILES string of the molecule is O=C(O)c1c(O)ccc2c1Oc1cc(O)ccc1N2. The highest BCUT2D eigenvalue weighted by Gasteiger charge is 2.25. The molecule has 1 heterocycles. The smallest absolute Gasteiger partial charge is 0.343 e. The second-order valence-electron chi connectivity index (χ2n) is 4.05. The lowest BCUT2D eigenvalue weighted by atomic mass is 10.1. The molecule has 0 saturated carbocycles. The fraction of sp³-hybridized carbons (Fsp3) is 0. The topological polar surface area (TPSA) is 99.0 Å². The quantitative estimate of drug-likeness (QED) is 0.501. The van der Waals surface area contributed by atoms with Gasteiger partial charge in [0.1, 0.15) is 17.1 Å². The summed E-state index contributed by atoms with van der Waals surface area (Å²) < 4.78 is 5.47. The highest BCUT2D eigenvalue weighted by atomic mass is 16.5. The summed E-state index contributed by atoms with van der Waals surface area (Å²) in [5, 5.41) is 31.1. The fourth-order valence-corrected chi connectivity index (χ4v) is 1.94. The molecule has 6 heteroatoms. The molecule has 0 aromatic heterocycles. The van der Waals surface area contributed by atoms with E-state index in [2.05, 4.69) is 5.32 Å². The Balaban J connectivity index is 2.18. The average molecular weight is 259 g/mol. The van der Waals surface area contributed by atoms with Gasteiger partial charge in [-0.1, -0.05) is 0 Å². The number of aromatic carboxylic acids is 1. The first-order valence-corrected chi connectivity index (χ1v) is 5.43. The zero-order valence-corrected chi connectivity index (χ0v) is 9.54. The van der Waals surface area contributed by atoms with E-state index in [0.29, 0.717) is 17.1 Å². The summed E-state index contributed by atoms with van der Waals surface area (Å²) in [6.45, 7) is 0. The number of hydrogen-bond donors (Lipinski definition) is 4. The number of phenols is 2. The van der Waals surface area contributed by atoms with Crippen molar-refractivity contribution >= 4 is 17.3 Å². The molecule has 0 radical (unpaired) electrons. The van der Waals surface area contributed by atoms with E-state index in [0.717, 1.165) is 0 Å². The van der Waals surface area contributed by atoms with Gasteiger partial charge in [-0.3, -0.25) is 0 Å². The summed E-state index contributed by atoms with van der Waals surface area (Å²) in [6, 6.07) is 7.26. The van der Waals surface area contributed by atoms with Crippen molar-refractivity contribution in [2.45, 2.75) is 0 Å². The van der Waals surface area contributed by atoms with E-state index in [1.54, 1.807) is 6.07 Å². The van der Waals surface area contributed by atoms with Gasteiger partial charge >= 0.3 is 5.97 Å². The number of carboxylic acid groups (broad SMARTS) is 1. The van der Waals surface area contributed by atoms with Crippen molar-refractivity contribution in [1.82, 2.24) is 0 Å². The van der Waals surface area contributed by atoms with Crippen LogP contribution < -0.4 is 10.1 Å². The number of ether oxygens (including phenoxy) is 1. The first-order chi connectivity index (χ1) is 9.06. The van der Waals surface area contributed by atoms with Crippen LogP contribution in [0.2, 0.25) is 0 Å². The van der Waals surface area contributed by atoms with Crippen LogP contribution in [-0.4, -0.2) is 21.3 Å². The molecular formula is C13H9NO5. The Morgan fingerprint density at radius 1 is 1.11 bits per heavy atom. The van der Waals surface area contributed by atoms with E-state index < -0.39 is 5.97 Å². The molecule has 0 spiro atoms. The zero-order valence-electron chi connectivity index (χ0n) is 9.54. The van der Waals surface area contributed by atoms with Crippen LogP contribution in [0.1, 0.15) is 10.4 Å². The molecule has 4 N–H and O–H groups in total. The van der Waals surface area contributed by atoms with Crippen LogP contribution in [0.3, 0.4) is 0 Å². The molecule has 96 valence electrons. The molecule has 1 aliphatic heterocycles. The van der Waals surface area contributed by atoms with Crippen molar-refractivity contribution in [3.63, 3.8) is 0 Å². The molecule has 0 fully saturated rings. The van der Waals surface area contributed by atoms with Crippen molar-refractivity contribution < 1.29 is 24.9 Å². The second kappa shape index (κ2) is 3.81. The number of fused-ring (bicyclic) bond motifs is 2. The van der Waals surface area contributed by atoms with Gasteiger partial charge in [-0.2, -0.15) is 0 Å². The molecule has 6 nitrogen and oxygen atoms in total. The summed E-state index contributed by atoms with van der Waals surface area (Å²) in [5.41, 5.74) is 0.722. The van der Waals surface area contributed by atoms with Gasteiger partial charge in [-0.25, -0.2) is 4.79 Å². The number of phenolic OH excluding ortho intramolecular Hbond substituents is 1. The normalized spacial score (nSPS) is 11.8. The Morgan fingerprint density at radius 2 is 1.84 bits per heavy atom. The minimum absolute atomic E-state index is 0.000952. The Bertz CT molecular complexity index is 696. The lowest BCUT2D eigenvalue weighted by Gasteiger charge is -2.23. The Hall–Kier alpha value is -2.89. The molecule has 2 aromatic rings. The van der Waals surface area contributed by atoms with Crippen LogP contribution in [0, 0.1) is 0 Å². The van der Waals surface area contributed by atoms with Crippen molar-refractivity contribution in [2.24, 2.45) is 0 Å². The third kappa shape index (κ3) is 1.70. The molecule has 0 aliphatic carbocycles. The van der Waals surface area contributed by atoms with Crippen LogP contribution in [0.4, 0.5) is 11.4 Å². The van der Waals surface area contributed by atoms with E-state index in [4.69, 9.17) is 9.84 Å². The van der Waals surface area contributed by atoms with Crippen LogP contribution in [0.5, 0.6) is 23.0 Å². The van der Waals surface area contributed by atoms with Gasteiger partial charge in [0.05, 0.1) is 11.4 Å². The Labute approximate surface area is 107 Å². The molecule has 19 heavy (non-hydrogen) atoms. The van der Waals surface area contributed by atoms with Gasteiger partial charge in [-0.15, -0.1) is 0 Å². The van der Waals surface area contributed by atoms with Gasteiger partial charge in [0.15, 0.2) is 11.5 Å². The zero-order chi connectivity index (χ0) is 13.6. The molecule has 0 atom stereocenters. The number of rotatable bonds is 1. The van der Waals surface area contributed by atoms with Crippen LogP contribution in [0.15, 0.2) is 30.3 Å². The fourth-order valence-electron chi connectivity index (χ4n) is 1.94. The third-order valence-corrected chi connectivity index (χ3v) is 2.80. The van der Waals surface area contributed by atoms with Gasteiger partial charge in [0.25, 0.3) is 0 Å². The largest absolute Gasteiger partial charge is 0.508 e. The maximum absolute atomic E-state index is 11.2. The van der Waals surface area contributed by atoms with E-state index in [-0.39, 0.29) is 22.8 Å². The van der Waals surface area contributed by atoms with Gasteiger partial charge in [0, 0.05) is 6.07 Å². The Kier molecular flexibility index (Phi) is 2.25. The van der Waals surface area contributed by atoms with Crippen LogP contribution in [0.25, 0.3) is 0 Å². The predicted octanol–water partition coefficient (Wildman–Crippen LogP) is 2.65. The Morgan fingerprint density at radius 3 is 2.58 bits per heavy atom. The van der Waals surface area contributed by atoms with E-state index in [9.17, 15) is 15.0 Å². The number of carbonyl (C=O) groups is 1. The number of aromatic hydroxyl groups is 2.